The van der Waals surface area contributed by atoms with Gasteiger partial charge in [0.05, 0.1) is 13.7 Å². The lowest BCUT2D eigenvalue weighted by Crippen LogP contribution is -2.42. The number of benzene rings is 1. The molecule has 2 N–H and O–H groups in total. The normalized spacial score (nSPS) is 13.6. The fraction of sp³-hybridized carbons (Fsp3) is 0.458. The minimum Gasteiger partial charge on any atom is -0.503 e. The zero-order valence-electron chi connectivity index (χ0n) is 19.0. The lowest BCUT2D eigenvalue weighted by atomic mass is 9.95. The molecule has 1 amide bonds. The number of aromatic hydroxyl groups is 1. The van der Waals surface area contributed by atoms with Crippen molar-refractivity contribution in [2.45, 2.75) is 45.8 Å². The number of nitrogens with zero attached hydrogens (tertiary/aromatic N) is 1. The first kappa shape index (κ1) is 25.1. The molecule has 0 spiro atoms. The van der Waals surface area contributed by atoms with Crippen LogP contribution < -0.4 is 10.1 Å². The summed E-state index contributed by atoms with van der Waals surface area (Å²) in [5, 5.41) is 12.6. The number of methoxy groups -OCH3 is 1. The molecule has 0 saturated heterocycles. The van der Waals surface area contributed by atoms with E-state index in [9.17, 15) is 14.7 Å². The van der Waals surface area contributed by atoms with Crippen LogP contribution in [0.5, 0.6) is 11.5 Å². The molecule has 0 aliphatic carbocycles. The summed E-state index contributed by atoms with van der Waals surface area (Å²) in [6.45, 7) is 6.47. The molecule has 2 aromatic rings. The predicted molar refractivity (Wildman–Crippen MR) is 120 cm³/mol. The Morgan fingerprint density at radius 3 is 2.53 bits per heavy atom. The first-order chi connectivity index (χ1) is 15.4. The first-order valence-electron chi connectivity index (χ1n) is 10.7. The van der Waals surface area contributed by atoms with Crippen LogP contribution in [0.2, 0.25) is 0 Å². The molecule has 8 heteroatoms. The van der Waals surface area contributed by atoms with Crippen molar-refractivity contribution in [1.82, 2.24) is 10.3 Å². The fourth-order valence-electron chi connectivity index (χ4n) is 3.13. The molecule has 32 heavy (non-hydrogen) atoms. The van der Waals surface area contributed by atoms with E-state index in [0.717, 1.165) is 12.0 Å². The second kappa shape index (κ2) is 12.7. The number of hydrogen-bond acceptors (Lipinski definition) is 7. The number of aromatic nitrogens is 1. The molecular weight excluding hydrogens is 412 g/mol. The maximum absolute atomic E-state index is 12.6. The van der Waals surface area contributed by atoms with E-state index in [-0.39, 0.29) is 17.4 Å². The number of ether oxygens (including phenoxy) is 3. The monoisotopic (exact) mass is 444 g/mol. The Hall–Kier alpha value is -3.13. The Morgan fingerprint density at radius 2 is 1.88 bits per heavy atom. The van der Waals surface area contributed by atoms with Crippen LogP contribution in [0.3, 0.4) is 0 Å². The number of amides is 1. The number of rotatable bonds is 12. The van der Waals surface area contributed by atoms with Crippen LogP contribution in [0.25, 0.3) is 0 Å². The summed E-state index contributed by atoms with van der Waals surface area (Å²) in [4.78, 5) is 29.0. The summed E-state index contributed by atoms with van der Waals surface area (Å²) >= 11 is 0. The zero-order valence-corrected chi connectivity index (χ0v) is 19.0. The summed E-state index contributed by atoms with van der Waals surface area (Å²) in [5.74, 6) is -1.60. The van der Waals surface area contributed by atoms with Gasteiger partial charge in [-0.1, -0.05) is 37.3 Å². The van der Waals surface area contributed by atoms with Crippen LogP contribution in [0.4, 0.5) is 0 Å². The van der Waals surface area contributed by atoms with Gasteiger partial charge in [0, 0.05) is 24.8 Å². The smallest absolute Gasteiger partial charge is 0.328 e. The second-order valence-corrected chi connectivity index (χ2v) is 7.57. The molecule has 174 valence electrons. The van der Waals surface area contributed by atoms with E-state index in [2.05, 4.69) is 10.3 Å². The molecule has 1 heterocycles. The van der Waals surface area contributed by atoms with Crippen molar-refractivity contribution >= 4 is 11.9 Å². The van der Waals surface area contributed by atoms with Gasteiger partial charge >= 0.3 is 5.97 Å². The largest absolute Gasteiger partial charge is 0.503 e. The molecular formula is C24H32N2O6. The number of carbonyl (C=O) groups excluding carboxylic acids is 2. The Morgan fingerprint density at radius 1 is 1.16 bits per heavy atom. The molecule has 3 atom stereocenters. The van der Waals surface area contributed by atoms with E-state index in [1.165, 1.54) is 26.3 Å². The Balaban J connectivity index is 2.00. The number of esters is 1. The molecule has 8 nitrogen and oxygen atoms in total. The van der Waals surface area contributed by atoms with Crippen LogP contribution in [0.1, 0.15) is 43.2 Å². The van der Waals surface area contributed by atoms with Gasteiger partial charge in [-0.3, -0.25) is 4.79 Å². The number of carbonyl (C=O) groups is 2. The van der Waals surface area contributed by atoms with Crippen molar-refractivity contribution in [1.29, 1.82) is 0 Å². The molecule has 1 aromatic carbocycles. The van der Waals surface area contributed by atoms with Crippen molar-refractivity contribution in [3.8, 4) is 11.5 Å². The van der Waals surface area contributed by atoms with E-state index in [4.69, 9.17) is 14.2 Å². The van der Waals surface area contributed by atoms with Crippen LogP contribution in [0.15, 0.2) is 42.6 Å². The lowest BCUT2D eigenvalue weighted by Gasteiger charge is -2.25. The Bertz CT molecular complexity index is 874. The third-order valence-corrected chi connectivity index (χ3v) is 5.01. The van der Waals surface area contributed by atoms with Crippen LogP contribution in [0, 0.1) is 5.92 Å². The van der Waals surface area contributed by atoms with Crippen molar-refractivity contribution in [2.24, 2.45) is 5.92 Å². The molecule has 0 saturated carbocycles. The minimum absolute atomic E-state index is 0.0418. The lowest BCUT2D eigenvalue weighted by molar-refractivity contribution is -0.153. The number of pyridine rings is 1. The summed E-state index contributed by atoms with van der Waals surface area (Å²) in [5.41, 5.74) is 0.897. The van der Waals surface area contributed by atoms with Crippen LogP contribution in [-0.4, -0.2) is 54.4 Å². The summed E-state index contributed by atoms with van der Waals surface area (Å²) in [7, 11) is 1.37. The van der Waals surface area contributed by atoms with Gasteiger partial charge < -0.3 is 24.6 Å². The molecule has 2 rings (SSSR count). The standard InChI is InChI=1S/C24H32N2O6/c1-5-13-31-15-19(14-18-9-7-6-8-10-18)17(3)32-24(29)16(2)26-23(28)21-22(27)20(30-4)11-12-25-21/h6-12,16-17,19,27H,5,13-15H2,1-4H3,(H,26,28)/t16?,17-,19+/m0/s1. The predicted octanol–water partition coefficient (Wildman–Crippen LogP) is 3.13. The van der Waals surface area contributed by atoms with Gasteiger partial charge in [0.2, 0.25) is 0 Å². The molecule has 0 aliphatic heterocycles. The third-order valence-electron chi connectivity index (χ3n) is 5.01. The van der Waals surface area contributed by atoms with Crippen molar-refractivity contribution in [2.75, 3.05) is 20.3 Å². The summed E-state index contributed by atoms with van der Waals surface area (Å²) in [6, 6.07) is 10.4. The van der Waals surface area contributed by atoms with Crippen LogP contribution in [-0.2, 0) is 20.7 Å². The average Bonchev–Trinajstić information content (AvgIpc) is 2.79. The molecule has 0 radical (unpaired) electrons. The van der Waals surface area contributed by atoms with E-state index in [1.54, 1.807) is 0 Å². The first-order valence-corrected chi connectivity index (χ1v) is 10.7. The van der Waals surface area contributed by atoms with E-state index in [1.807, 2.05) is 44.2 Å². The Kier molecular flexibility index (Phi) is 9.94. The van der Waals surface area contributed by atoms with E-state index >= 15 is 0 Å². The highest BCUT2D eigenvalue weighted by molar-refractivity contribution is 5.97. The van der Waals surface area contributed by atoms with Gasteiger partial charge in [-0.05, 0) is 32.3 Å². The van der Waals surface area contributed by atoms with Gasteiger partial charge in [0.15, 0.2) is 17.2 Å². The van der Waals surface area contributed by atoms with Gasteiger partial charge in [-0.2, -0.15) is 0 Å². The molecule has 0 fully saturated rings. The van der Waals surface area contributed by atoms with Gasteiger partial charge in [0.1, 0.15) is 12.1 Å². The molecule has 0 bridgehead atoms. The zero-order chi connectivity index (χ0) is 23.5. The quantitative estimate of drug-likeness (QED) is 0.383. The third kappa shape index (κ3) is 7.23. The van der Waals surface area contributed by atoms with Crippen molar-refractivity contribution < 1.29 is 28.9 Å². The van der Waals surface area contributed by atoms with Crippen LogP contribution >= 0.6 is 0 Å². The highest BCUT2D eigenvalue weighted by Gasteiger charge is 2.27. The molecule has 1 unspecified atom stereocenters. The molecule has 0 aliphatic rings. The highest BCUT2D eigenvalue weighted by atomic mass is 16.5. The summed E-state index contributed by atoms with van der Waals surface area (Å²) < 4.78 is 16.4. The van der Waals surface area contributed by atoms with E-state index in [0.29, 0.717) is 19.6 Å². The minimum atomic E-state index is -0.939. The van der Waals surface area contributed by atoms with Gasteiger partial charge in [0.25, 0.3) is 5.91 Å². The number of hydrogen-bond donors (Lipinski definition) is 2. The molecule has 1 aromatic heterocycles. The van der Waals surface area contributed by atoms with E-state index < -0.39 is 29.8 Å². The fourth-order valence-corrected chi connectivity index (χ4v) is 3.13. The number of nitrogens with one attached hydrogen (secondary N) is 1. The summed E-state index contributed by atoms with van der Waals surface area (Å²) in [6.07, 6.45) is 2.51. The van der Waals surface area contributed by atoms with Crippen molar-refractivity contribution in [3.05, 3.63) is 53.9 Å². The highest BCUT2D eigenvalue weighted by Crippen LogP contribution is 2.27. The maximum Gasteiger partial charge on any atom is 0.328 e. The van der Waals surface area contributed by atoms with Gasteiger partial charge in [-0.25, -0.2) is 9.78 Å². The Labute approximate surface area is 188 Å². The topological polar surface area (TPSA) is 107 Å². The maximum atomic E-state index is 12.6. The van der Waals surface area contributed by atoms with Gasteiger partial charge in [-0.15, -0.1) is 0 Å². The second-order valence-electron chi connectivity index (χ2n) is 7.57. The van der Waals surface area contributed by atoms with Crippen molar-refractivity contribution in [3.63, 3.8) is 0 Å². The average molecular weight is 445 g/mol. The SMILES string of the molecule is CCCOC[C@@H](Cc1ccccc1)[C@H](C)OC(=O)C(C)NC(=O)c1nccc(OC)c1O.